The van der Waals surface area contributed by atoms with Gasteiger partial charge in [0.2, 0.25) is 10.0 Å². The molecule has 7 nitrogen and oxygen atoms in total. The van der Waals surface area contributed by atoms with E-state index in [1.807, 2.05) is 26.8 Å². The molecule has 0 bridgehead atoms. The van der Waals surface area contributed by atoms with Gasteiger partial charge in [0.25, 0.3) is 0 Å². The molecule has 1 heterocycles. The molecule has 0 amide bonds. The summed E-state index contributed by atoms with van der Waals surface area (Å²) in [6, 6.07) is 1.98. The Morgan fingerprint density at radius 3 is 2.71 bits per heavy atom. The van der Waals surface area contributed by atoms with Crippen molar-refractivity contribution in [1.82, 2.24) is 14.1 Å². The zero-order valence-electron chi connectivity index (χ0n) is 12.8. The second-order valence-electron chi connectivity index (χ2n) is 5.31. The number of nitriles is 1. The summed E-state index contributed by atoms with van der Waals surface area (Å²) in [6.45, 7) is 6.96. The minimum Gasteiger partial charge on any atom is -0.381 e. The van der Waals surface area contributed by atoms with E-state index in [9.17, 15) is 8.42 Å². The first-order chi connectivity index (χ1) is 9.82. The predicted octanol–water partition coefficient (Wildman–Crippen LogP) is 1.44. The van der Waals surface area contributed by atoms with Crippen LogP contribution in [0, 0.1) is 17.2 Å². The zero-order valence-corrected chi connectivity index (χ0v) is 13.6. The van der Waals surface area contributed by atoms with Gasteiger partial charge in [-0.25, -0.2) is 8.42 Å². The summed E-state index contributed by atoms with van der Waals surface area (Å²) in [6.07, 6.45) is 2.45. The second-order valence-corrected chi connectivity index (χ2v) is 7.21. The second kappa shape index (κ2) is 7.43. The highest BCUT2D eigenvalue weighted by molar-refractivity contribution is 7.89. The van der Waals surface area contributed by atoms with E-state index >= 15 is 0 Å². The molecule has 0 fully saturated rings. The lowest BCUT2D eigenvalue weighted by Gasteiger charge is -2.22. The Morgan fingerprint density at radius 2 is 2.19 bits per heavy atom. The number of rotatable bonds is 8. The van der Waals surface area contributed by atoms with Gasteiger partial charge in [-0.2, -0.15) is 14.7 Å². The summed E-state index contributed by atoms with van der Waals surface area (Å²) in [5, 5.41) is 12.7. The Morgan fingerprint density at radius 1 is 1.52 bits per heavy atom. The molecule has 0 aromatic carbocycles. The molecule has 1 aromatic heterocycles. The van der Waals surface area contributed by atoms with Crippen molar-refractivity contribution in [2.45, 2.75) is 45.1 Å². The lowest BCUT2D eigenvalue weighted by molar-refractivity contribution is 0.373. The van der Waals surface area contributed by atoms with E-state index in [1.165, 1.54) is 10.5 Å². The number of aromatic nitrogens is 2. The first-order valence-corrected chi connectivity index (χ1v) is 8.47. The van der Waals surface area contributed by atoms with E-state index in [0.717, 1.165) is 6.42 Å². The maximum Gasteiger partial charge on any atom is 0.248 e. The van der Waals surface area contributed by atoms with Crippen LogP contribution in [-0.2, 0) is 16.6 Å². The fourth-order valence-electron chi connectivity index (χ4n) is 1.99. The Bertz CT molecular complexity index is 601. The topological polar surface area (TPSA) is 105 Å². The van der Waals surface area contributed by atoms with Crippen LogP contribution >= 0.6 is 0 Å². The number of sulfonamides is 1. The number of hydrogen-bond acceptors (Lipinski definition) is 5. The van der Waals surface area contributed by atoms with Crippen LogP contribution in [0.15, 0.2) is 11.1 Å². The van der Waals surface area contributed by atoms with Gasteiger partial charge in [0.15, 0.2) is 5.82 Å². The standard InChI is InChI=1S/C13H23N5O2S/c1-4-7-17-10-12(13(15)16-17)21(19,20)18(8-5-6-14)9-11(2)3/h10-11H,4-5,7-9H2,1-3H3,(H2,15,16). The molecule has 1 rings (SSSR count). The first-order valence-electron chi connectivity index (χ1n) is 7.03. The number of nitrogen functional groups attached to an aromatic ring is 1. The molecule has 0 unspecified atom stereocenters. The van der Waals surface area contributed by atoms with Gasteiger partial charge in [-0.15, -0.1) is 0 Å². The molecule has 8 heteroatoms. The maximum atomic E-state index is 12.7. The minimum atomic E-state index is -3.72. The maximum absolute atomic E-state index is 12.7. The molecular weight excluding hydrogens is 290 g/mol. The normalized spacial score (nSPS) is 12.0. The summed E-state index contributed by atoms with van der Waals surface area (Å²) >= 11 is 0. The van der Waals surface area contributed by atoms with Gasteiger partial charge in [-0.05, 0) is 12.3 Å². The van der Waals surface area contributed by atoms with Crippen molar-refractivity contribution >= 4 is 15.8 Å². The average Bonchev–Trinajstić information content (AvgIpc) is 2.76. The van der Waals surface area contributed by atoms with Crippen LogP contribution in [0.25, 0.3) is 0 Å². The van der Waals surface area contributed by atoms with Crippen molar-refractivity contribution in [2.24, 2.45) is 5.92 Å². The third-order valence-electron chi connectivity index (χ3n) is 2.87. The van der Waals surface area contributed by atoms with Crippen LogP contribution < -0.4 is 5.73 Å². The lowest BCUT2D eigenvalue weighted by Crippen LogP contribution is -2.35. The third kappa shape index (κ3) is 4.44. The largest absolute Gasteiger partial charge is 0.381 e. The van der Waals surface area contributed by atoms with Crippen molar-refractivity contribution in [2.75, 3.05) is 18.8 Å². The first kappa shape index (κ1) is 17.5. The van der Waals surface area contributed by atoms with E-state index in [2.05, 4.69) is 5.10 Å². The van der Waals surface area contributed by atoms with Crippen molar-refractivity contribution in [3.63, 3.8) is 0 Å². The Hall–Kier alpha value is -1.59. The van der Waals surface area contributed by atoms with Crippen molar-refractivity contribution < 1.29 is 8.42 Å². The molecule has 21 heavy (non-hydrogen) atoms. The van der Waals surface area contributed by atoms with E-state index < -0.39 is 10.0 Å². The van der Waals surface area contributed by atoms with Crippen LogP contribution in [-0.4, -0.2) is 35.6 Å². The number of aryl methyl sites for hydroxylation is 1. The molecular formula is C13H23N5O2S. The molecule has 0 radical (unpaired) electrons. The van der Waals surface area contributed by atoms with Crippen molar-refractivity contribution in [3.8, 4) is 6.07 Å². The fourth-order valence-corrected chi connectivity index (χ4v) is 3.66. The van der Waals surface area contributed by atoms with Gasteiger partial charge in [0.05, 0.1) is 6.07 Å². The molecule has 0 aliphatic carbocycles. The smallest absolute Gasteiger partial charge is 0.248 e. The van der Waals surface area contributed by atoms with Crippen LogP contribution in [0.3, 0.4) is 0 Å². The molecule has 0 saturated heterocycles. The van der Waals surface area contributed by atoms with Crippen LogP contribution in [0.5, 0.6) is 0 Å². The van der Waals surface area contributed by atoms with Crippen LogP contribution in [0.2, 0.25) is 0 Å². The van der Waals surface area contributed by atoms with E-state index in [0.29, 0.717) is 13.1 Å². The zero-order chi connectivity index (χ0) is 16.0. The van der Waals surface area contributed by atoms with Crippen molar-refractivity contribution in [1.29, 1.82) is 5.26 Å². The minimum absolute atomic E-state index is 0.00848. The van der Waals surface area contributed by atoms with Crippen molar-refractivity contribution in [3.05, 3.63) is 6.20 Å². The summed E-state index contributed by atoms with van der Waals surface area (Å²) in [5.74, 6) is 0.166. The van der Waals surface area contributed by atoms with E-state index in [4.69, 9.17) is 11.0 Å². The Labute approximate surface area is 126 Å². The van der Waals surface area contributed by atoms with Gasteiger partial charge in [-0.3, -0.25) is 4.68 Å². The van der Waals surface area contributed by atoms with E-state index in [1.54, 1.807) is 4.68 Å². The van der Waals surface area contributed by atoms with Gasteiger partial charge in [-0.1, -0.05) is 20.8 Å². The molecule has 0 aliphatic heterocycles. The molecule has 0 atom stereocenters. The lowest BCUT2D eigenvalue weighted by atomic mass is 10.2. The fraction of sp³-hybridized carbons (Fsp3) is 0.692. The molecule has 2 N–H and O–H groups in total. The summed E-state index contributed by atoms with van der Waals surface area (Å²) in [5.41, 5.74) is 5.75. The SMILES string of the molecule is CCCn1cc(S(=O)(=O)N(CCC#N)CC(C)C)c(N)n1. The summed E-state index contributed by atoms with van der Waals surface area (Å²) in [7, 11) is -3.72. The molecule has 0 aliphatic rings. The summed E-state index contributed by atoms with van der Waals surface area (Å²) < 4.78 is 28.2. The summed E-state index contributed by atoms with van der Waals surface area (Å²) in [4.78, 5) is 0.0227. The van der Waals surface area contributed by atoms with Gasteiger partial charge in [0.1, 0.15) is 4.90 Å². The number of nitrogens with zero attached hydrogens (tertiary/aromatic N) is 4. The molecule has 1 aromatic rings. The quantitative estimate of drug-likeness (QED) is 0.781. The third-order valence-corrected chi connectivity index (χ3v) is 4.75. The number of anilines is 1. The Kier molecular flexibility index (Phi) is 6.18. The van der Waals surface area contributed by atoms with Gasteiger partial charge in [0, 0.05) is 32.3 Å². The highest BCUT2D eigenvalue weighted by Gasteiger charge is 2.29. The number of hydrogen-bond donors (Lipinski definition) is 1. The highest BCUT2D eigenvalue weighted by atomic mass is 32.2. The highest BCUT2D eigenvalue weighted by Crippen LogP contribution is 2.22. The van der Waals surface area contributed by atoms with Crippen LogP contribution in [0.1, 0.15) is 33.6 Å². The molecule has 118 valence electrons. The predicted molar refractivity (Wildman–Crippen MR) is 80.8 cm³/mol. The van der Waals surface area contributed by atoms with Gasteiger partial charge >= 0.3 is 0 Å². The molecule has 0 saturated carbocycles. The van der Waals surface area contributed by atoms with Gasteiger partial charge < -0.3 is 5.73 Å². The average molecular weight is 313 g/mol. The van der Waals surface area contributed by atoms with Crippen LogP contribution in [0.4, 0.5) is 5.82 Å². The number of nitrogens with two attached hydrogens (primary N) is 1. The Balaban J connectivity index is 3.12. The van der Waals surface area contributed by atoms with E-state index in [-0.39, 0.29) is 29.6 Å². The monoisotopic (exact) mass is 313 g/mol. The molecule has 0 spiro atoms.